The highest BCUT2D eigenvalue weighted by Gasteiger charge is 2.27. The van der Waals surface area contributed by atoms with Crippen LogP contribution in [0.25, 0.3) is 22.5 Å². The predicted octanol–water partition coefficient (Wildman–Crippen LogP) is 3.50. The second-order valence-electron chi connectivity index (χ2n) is 9.85. The highest BCUT2D eigenvalue weighted by atomic mass is 19.1. The van der Waals surface area contributed by atoms with Crippen molar-refractivity contribution in [3.63, 3.8) is 0 Å². The number of benzene rings is 1. The number of amides is 1. The van der Waals surface area contributed by atoms with Crippen molar-refractivity contribution in [2.24, 2.45) is 0 Å². The molecule has 4 aromatic heterocycles. The number of H-pyrrole nitrogens is 1. The van der Waals surface area contributed by atoms with Gasteiger partial charge in [0.05, 0.1) is 29.3 Å². The third kappa shape index (κ3) is 4.93. The van der Waals surface area contributed by atoms with Crippen LogP contribution in [0.1, 0.15) is 60.8 Å². The lowest BCUT2D eigenvalue weighted by Gasteiger charge is -2.32. The van der Waals surface area contributed by atoms with Crippen molar-refractivity contribution in [1.82, 2.24) is 44.5 Å². The number of fused-ring (bicyclic) bond motifs is 1. The monoisotopic (exact) mass is 544 g/mol. The van der Waals surface area contributed by atoms with Crippen LogP contribution in [0.4, 0.5) is 10.2 Å². The topological polar surface area (TPSA) is 153 Å². The Morgan fingerprint density at radius 2 is 1.88 bits per heavy atom. The normalized spacial score (nSPS) is 12.2. The van der Waals surface area contributed by atoms with Crippen molar-refractivity contribution >= 4 is 23.2 Å². The molecule has 40 heavy (non-hydrogen) atoms. The average Bonchev–Trinajstić information content (AvgIpc) is 3.68. The molecule has 0 saturated heterocycles. The van der Waals surface area contributed by atoms with Crippen molar-refractivity contribution in [3.8, 4) is 16.8 Å². The summed E-state index contributed by atoms with van der Waals surface area (Å²) in [7, 11) is 0. The summed E-state index contributed by atoms with van der Waals surface area (Å²) in [4.78, 5) is 35.0. The van der Waals surface area contributed by atoms with Gasteiger partial charge < -0.3 is 15.6 Å². The summed E-state index contributed by atoms with van der Waals surface area (Å²) in [6.07, 6.45) is 7.35. The minimum Gasteiger partial charge on any atom is -0.383 e. The van der Waals surface area contributed by atoms with Gasteiger partial charge in [-0.15, -0.1) is 10.2 Å². The summed E-state index contributed by atoms with van der Waals surface area (Å²) >= 11 is 0. The zero-order chi connectivity index (χ0) is 28.6. The maximum absolute atomic E-state index is 13.4. The molecule has 0 aliphatic rings. The molecule has 206 valence electrons. The molecule has 0 spiro atoms. The van der Waals surface area contributed by atoms with Gasteiger partial charge in [-0.3, -0.25) is 9.59 Å². The summed E-state index contributed by atoms with van der Waals surface area (Å²) in [6.45, 7) is 7.24. The number of halogens is 1. The molecule has 0 saturated carbocycles. The van der Waals surface area contributed by atoms with Crippen LogP contribution in [0.15, 0.2) is 49.2 Å². The molecule has 3 N–H and O–H groups in total. The zero-order valence-electron chi connectivity index (χ0n) is 22.5. The van der Waals surface area contributed by atoms with Crippen LogP contribution in [0.5, 0.6) is 0 Å². The SMILES string of the molecule is CC(=O)c1c(CC[C@@H](C)N(C(=O)c2nnc[nH]2)C(C)C)nc2c(-c3cnn(-c4ccc(F)cc4)c3)cnn2c1N. The van der Waals surface area contributed by atoms with Crippen LogP contribution < -0.4 is 5.73 Å². The van der Waals surface area contributed by atoms with Crippen LogP contribution in [-0.2, 0) is 6.42 Å². The van der Waals surface area contributed by atoms with Gasteiger partial charge in [0.1, 0.15) is 18.0 Å². The van der Waals surface area contributed by atoms with Gasteiger partial charge in [0.2, 0.25) is 5.82 Å². The van der Waals surface area contributed by atoms with E-state index in [9.17, 15) is 14.0 Å². The van der Waals surface area contributed by atoms with Gasteiger partial charge in [-0.2, -0.15) is 14.7 Å². The molecule has 1 aromatic carbocycles. The first-order valence-corrected chi connectivity index (χ1v) is 12.8. The number of anilines is 1. The van der Waals surface area contributed by atoms with Gasteiger partial charge in [0.15, 0.2) is 11.4 Å². The van der Waals surface area contributed by atoms with Crippen molar-refractivity contribution in [1.29, 1.82) is 0 Å². The molecule has 12 nitrogen and oxygen atoms in total. The van der Waals surface area contributed by atoms with Crippen LogP contribution in [0.2, 0.25) is 0 Å². The molecule has 4 heterocycles. The highest BCUT2D eigenvalue weighted by molar-refractivity contribution is 6.00. The maximum Gasteiger partial charge on any atom is 0.292 e. The number of nitrogens with one attached hydrogen (secondary N) is 1. The van der Waals surface area contributed by atoms with Gasteiger partial charge in [-0.25, -0.2) is 14.1 Å². The number of aromatic nitrogens is 8. The van der Waals surface area contributed by atoms with Crippen LogP contribution in [0.3, 0.4) is 0 Å². The van der Waals surface area contributed by atoms with Gasteiger partial charge in [-0.05, 0) is 64.8 Å². The van der Waals surface area contributed by atoms with E-state index in [-0.39, 0.29) is 41.2 Å². The number of rotatable bonds is 9. The Balaban J connectivity index is 1.47. The number of hydrogen-bond acceptors (Lipinski definition) is 8. The van der Waals surface area contributed by atoms with Crippen LogP contribution >= 0.6 is 0 Å². The number of nitrogens with two attached hydrogens (primary N) is 1. The van der Waals surface area contributed by atoms with Crippen molar-refractivity contribution in [2.75, 3.05) is 5.73 Å². The number of hydrogen-bond donors (Lipinski definition) is 2. The number of ketones is 1. The Hall–Kier alpha value is -4.94. The van der Waals surface area contributed by atoms with E-state index in [1.165, 1.54) is 29.9 Å². The molecule has 0 aliphatic heterocycles. The molecule has 5 rings (SSSR count). The predicted molar refractivity (Wildman–Crippen MR) is 145 cm³/mol. The lowest BCUT2D eigenvalue weighted by Crippen LogP contribution is -2.44. The Morgan fingerprint density at radius 1 is 1.12 bits per heavy atom. The van der Waals surface area contributed by atoms with Gasteiger partial charge in [0, 0.05) is 29.4 Å². The second kappa shape index (κ2) is 10.7. The summed E-state index contributed by atoms with van der Waals surface area (Å²) in [5.41, 5.74) is 9.84. The standard InChI is InChI=1S/C27H29FN10O2/c1-15(2)37(27(40)25-30-14-31-35-25)16(3)5-10-22-23(17(4)39)24(29)38-26(34-22)21(12-33-38)18-11-32-36(13-18)20-8-6-19(28)7-9-20/h6-9,11-16H,5,10,29H2,1-4H3,(H,30,31,35)/t16-/m1/s1. The first kappa shape index (κ1) is 26.7. The Morgan fingerprint density at radius 3 is 2.52 bits per heavy atom. The summed E-state index contributed by atoms with van der Waals surface area (Å²) < 4.78 is 16.4. The minimum atomic E-state index is -0.333. The van der Waals surface area contributed by atoms with Crippen molar-refractivity contribution < 1.29 is 14.0 Å². The molecule has 1 amide bonds. The van der Waals surface area contributed by atoms with E-state index in [1.807, 2.05) is 20.8 Å². The molecule has 5 aromatic rings. The van der Waals surface area contributed by atoms with E-state index in [0.717, 1.165) is 5.56 Å². The number of carbonyl (C=O) groups is 2. The fourth-order valence-corrected chi connectivity index (χ4v) is 4.89. The number of nitrogens with zero attached hydrogens (tertiary/aromatic N) is 8. The molecule has 0 fully saturated rings. The average molecular weight is 545 g/mol. The Labute approximate surface area is 229 Å². The largest absolute Gasteiger partial charge is 0.383 e. The van der Waals surface area contributed by atoms with Gasteiger partial charge in [0.25, 0.3) is 5.91 Å². The van der Waals surface area contributed by atoms with Crippen LogP contribution in [-0.4, -0.2) is 68.2 Å². The van der Waals surface area contributed by atoms with E-state index < -0.39 is 0 Å². The van der Waals surface area contributed by atoms with E-state index in [2.05, 4.69) is 25.4 Å². The maximum atomic E-state index is 13.4. The molecular weight excluding hydrogens is 515 g/mol. The third-order valence-corrected chi connectivity index (χ3v) is 6.78. The number of nitrogen functional groups attached to an aromatic ring is 1. The van der Waals surface area contributed by atoms with E-state index in [1.54, 1.807) is 40.3 Å². The summed E-state index contributed by atoms with van der Waals surface area (Å²) in [6, 6.07) is 5.69. The van der Waals surface area contributed by atoms with E-state index >= 15 is 0 Å². The quantitative estimate of drug-likeness (QED) is 0.267. The van der Waals surface area contributed by atoms with Gasteiger partial charge in [-0.1, -0.05) is 0 Å². The molecule has 13 heteroatoms. The fraction of sp³-hybridized carbons (Fsp3) is 0.296. The lowest BCUT2D eigenvalue weighted by molar-refractivity contribution is 0.0603. The molecular formula is C27H29FN10O2. The summed E-state index contributed by atoms with van der Waals surface area (Å²) in [5, 5.41) is 16.4. The molecule has 0 unspecified atom stereocenters. The third-order valence-electron chi connectivity index (χ3n) is 6.78. The number of Topliss-reactive ketones (excluding diaryl/α,β-unsaturated/α-hetero) is 1. The van der Waals surface area contributed by atoms with Crippen molar-refractivity contribution in [2.45, 2.75) is 52.6 Å². The molecule has 1 atom stereocenters. The molecule has 0 radical (unpaired) electrons. The van der Waals surface area contributed by atoms with Crippen LogP contribution in [0, 0.1) is 5.82 Å². The lowest BCUT2D eigenvalue weighted by atomic mass is 10.0. The van der Waals surface area contributed by atoms with Gasteiger partial charge >= 0.3 is 0 Å². The first-order valence-electron chi connectivity index (χ1n) is 12.8. The fourth-order valence-electron chi connectivity index (χ4n) is 4.89. The molecule has 0 bridgehead atoms. The molecule has 0 aliphatic carbocycles. The van der Waals surface area contributed by atoms with E-state index in [4.69, 9.17) is 10.7 Å². The highest BCUT2D eigenvalue weighted by Crippen LogP contribution is 2.29. The van der Waals surface area contributed by atoms with Crippen molar-refractivity contribution in [3.05, 3.63) is 72.1 Å². The Bertz CT molecular complexity index is 1670. The Kier molecular flexibility index (Phi) is 7.11. The zero-order valence-corrected chi connectivity index (χ0v) is 22.5. The summed E-state index contributed by atoms with van der Waals surface area (Å²) in [5.74, 6) is -0.463. The smallest absolute Gasteiger partial charge is 0.292 e. The minimum absolute atomic E-state index is 0.0977. The number of carbonyl (C=O) groups excluding carboxylic acids is 2. The van der Waals surface area contributed by atoms with E-state index in [0.29, 0.717) is 41.0 Å². The number of aryl methyl sites for hydroxylation is 1. The number of aromatic amines is 1. The second-order valence-corrected chi connectivity index (χ2v) is 9.85. The first-order chi connectivity index (χ1) is 19.2.